The zero-order valence-electron chi connectivity index (χ0n) is 20.9. The summed E-state index contributed by atoms with van der Waals surface area (Å²) in [6.45, 7) is 6.26. The van der Waals surface area contributed by atoms with E-state index in [4.69, 9.17) is 14.7 Å². The van der Waals surface area contributed by atoms with Crippen molar-refractivity contribution in [2.75, 3.05) is 13.1 Å². The zero-order chi connectivity index (χ0) is 24.8. The predicted molar refractivity (Wildman–Crippen MR) is 128 cm³/mol. The van der Waals surface area contributed by atoms with Crippen molar-refractivity contribution in [3.63, 3.8) is 0 Å². The number of fused-ring (bicyclic) bond motifs is 5. The van der Waals surface area contributed by atoms with Crippen molar-refractivity contribution in [1.29, 1.82) is 0 Å². The fourth-order valence-corrected chi connectivity index (χ4v) is 8.49. The highest BCUT2D eigenvalue weighted by Crippen LogP contribution is 2.66. The number of carboxylic acid groups (broad SMARTS) is 1. The fraction of sp³-hybridized carbons (Fsp3) is 0.815. The van der Waals surface area contributed by atoms with Gasteiger partial charge in [-0.15, -0.1) is 0 Å². The van der Waals surface area contributed by atoms with Crippen molar-refractivity contribution in [3.05, 3.63) is 12.2 Å². The maximum Gasteiger partial charge on any atom is 0.331 e. The van der Waals surface area contributed by atoms with Crippen molar-refractivity contribution in [2.24, 2.45) is 39.7 Å². The van der Waals surface area contributed by atoms with Crippen LogP contribution in [0.2, 0.25) is 0 Å². The topological polar surface area (TPSA) is 97.2 Å². The van der Waals surface area contributed by atoms with Gasteiger partial charge in [0, 0.05) is 30.5 Å². The molecule has 0 bridgehead atoms. The van der Waals surface area contributed by atoms with Crippen molar-refractivity contribution < 1.29 is 28.7 Å². The minimum atomic E-state index is -1.16. The van der Waals surface area contributed by atoms with Crippen LogP contribution in [0, 0.1) is 34.5 Å². The van der Waals surface area contributed by atoms with Gasteiger partial charge in [-0.2, -0.15) is 0 Å². The number of nitrogens with one attached hydrogen (secondary N) is 1. The van der Waals surface area contributed by atoms with Crippen molar-refractivity contribution in [2.45, 2.75) is 90.0 Å². The summed E-state index contributed by atoms with van der Waals surface area (Å²) in [4.78, 5) is 28.6. The van der Waals surface area contributed by atoms with E-state index in [1.165, 1.54) is 0 Å². The lowest BCUT2D eigenvalue weighted by atomic mass is 9.45. The number of carboxylic acids is 1. The summed E-state index contributed by atoms with van der Waals surface area (Å²) in [5, 5.41) is 16.4. The van der Waals surface area contributed by atoms with Gasteiger partial charge in [0.15, 0.2) is 0 Å². The third kappa shape index (κ3) is 4.51. The molecule has 2 N–H and O–H groups in total. The predicted octanol–water partition coefficient (Wildman–Crippen LogP) is 4.26. The summed E-state index contributed by atoms with van der Waals surface area (Å²) < 4.78 is 21.2. The largest absolute Gasteiger partial charge is 0.478 e. The molecule has 1 saturated heterocycles. The maximum atomic E-state index is 15.4. The number of rotatable bonds is 5. The van der Waals surface area contributed by atoms with Gasteiger partial charge in [0.2, 0.25) is 0 Å². The summed E-state index contributed by atoms with van der Waals surface area (Å²) in [6, 6.07) is 0. The lowest BCUT2D eigenvalue weighted by Gasteiger charge is -2.60. The summed E-state index contributed by atoms with van der Waals surface area (Å²) >= 11 is 0. The molecular formula is C27H39FN2O5. The number of halogens is 1. The minimum absolute atomic E-state index is 0.0451. The van der Waals surface area contributed by atoms with Crippen LogP contribution in [0.3, 0.4) is 0 Å². The van der Waals surface area contributed by atoms with Gasteiger partial charge < -0.3 is 20.0 Å². The maximum absolute atomic E-state index is 15.4. The normalized spacial score (nSPS) is 46.1. The SMILES string of the molecule is C[C@]12CC[C@H]3[C@@H](CCC4C/C(=N\O[C@@H]5CCNC5)[C@H](F)C[C@@]43C)[C@@H]1CC[C@@H]2OC(=O)/C=C/C(=O)O. The molecule has 4 aliphatic carbocycles. The minimum Gasteiger partial charge on any atom is -0.478 e. The number of hydrogen-bond donors (Lipinski definition) is 2. The Morgan fingerprint density at radius 2 is 1.89 bits per heavy atom. The molecule has 0 amide bonds. The molecule has 9 atom stereocenters. The van der Waals surface area contributed by atoms with Crippen LogP contribution in [0.15, 0.2) is 17.3 Å². The van der Waals surface area contributed by atoms with Gasteiger partial charge in [-0.3, -0.25) is 0 Å². The summed E-state index contributed by atoms with van der Waals surface area (Å²) in [5.41, 5.74) is 0.452. The van der Waals surface area contributed by atoms with Gasteiger partial charge in [-0.1, -0.05) is 19.0 Å². The highest BCUT2D eigenvalue weighted by molar-refractivity contribution is 5.91. The number of hydrogen-bond acceptors (Lipinski definition) is 6. The number of carbonyl (C=O) groups excluding carboxylic acids is 1. The molecule has 4 saturated carbocycles. The van der Waals surface area contributed by atoms with E-state index in [1.54, 1.807) is 0 Å². The lowest BCUT2D eigenvalue weighted by Crippen LogP contribution is -2.56. The molecule has 5 aliphatic rings. The van der Waals surface area contributed by atoms with Gasteiger partial charge in [0.25, 0.3) is 0 Å². The number of carbonyl (C=O) groups is 2. The molecule has 5 fully saturated rings. The number of nitrogens with zero attached hydrogens (tertiary/aromatic N) is 1. The van der Waals surface area contributed by atoms with E-state index in [2.05, 4.69) is 24.3 Å². The zero-order valence-corrected chi connectivity index (χ0v) is 20.9. The highest BCUT2D eigenvalue weighted by atomic mass is 19.1. The first-order valence-corrected chi connectivity index (χ1v) is 13.4. The highest BCUT2D eigenvalue weighted by Gasteiger charge is 2.61. The molecule has 194 valence electrons. The van der Waals surface area contributed by atoms with Crippen LogP contribution in [0.25, 0.3) is 0 Å². The van der Waals surface area contributed by atoms with Gasteiger partial charge in [-0.05, 0) is 87.0 Å². The third-order valence-electron chi connectivity index (χ3n) is 10.4. The summed E-state index contributed by atoms with van der Waals surface area (Å²) in [5.74, 6) is 0.135. The lowest BCUT2D eigenvalue weighted by molar-refractivity contribution is -0.158. The van der Waals surface area contributed by atoms with Crippen LogP contribution in [0.5, 0.6) is 0 Å². The van der Waals surface area contributed by atoms with E-state index in [0.29, 0.717) is 42.2 Å². The van der Waals surface area contributed by atoms with Gasteiger partial charge in [0.1, 0.15) is 18.4 Å². The van der Waals surface area contributed by atoms with Crippen molar-refractivity contribution in [1.82, 2.24) is 5.32 Å². The Labute approximate surface area is 206 Å². The second-order valence-corrected chi connectivity index (χ2v) is 12.1. The molecule has 0 radical (unpaired) electrons. The molecule has 7 nitrogen and oxygen atoms in total. The molecule has 0 spiro atoms. The Bertz CT molecular complexity index is 902. The third-order valence-corrected chi connectivity index (χ3v) is 10.4. The van der Waals surface area contributed by atoms with E-state index < -0.39 is 18.1 Å². The molecule has 1 unspecified atom stereocenters. The molecule has 8 heteroatoms. The van der Waals surface area contributed by atoms with Gasteiger partial charge in [-0.25, -0.2) is 14.0 Å². The standard InChI is InChI=1S/C27H39FN2O5/c1-26-11-9-20-18(19(26)5-6-23(26)34-25(33)8-7-24(31)32)4-3-16-13-22(21(28)14-27(16,20)2)30-35-17-10-12-29-15-17/h7-8,16-21,23,29H,3-6,9-15H2,1-2H3,(H,31,32)/b8-7+,30-22+/t16?,17-,18+,19+,20+,21-,23+,26+,27+/m1/s1. The molecule has 0 aromatic carbocycles. The molecule has 1 heterocycles. The molecule has 1 aliphatic heterocycles. The summed E-state index contributed by atoms with van der Waals surface area (Å²) in [6.07, 6.45) is 8.80. The van der Waals surface area contributed by atoms with E-state index in [-0.39, 0.29) is 23.0 Å². The second kappa shape index (κ2) is 9.49. The number of oxime groups is 1. The Morgan fingerprint density at radius 3 is 2.63 bits per heavy atom. The van der Waals surface area contributed by atoms with Crippen LogP contribution in [-0.2, 0) is 19.2 Å². The van der Waals surface area contributed by atoms with E-state index in [9.17, 15) is 9.59 Å². The first-order chi connectivity index (χ1) is 16.7. The van der Waals surface area contributed by atoms with Crippen LogP contribution in [0.1, 0.15) is 71.6 Å². The smallest absolute Gasteiger partial charge is 0.331 e. The Morgan fingerprint density at radius 1 is 1.09 bits per heavy atom. The first-order valence-electron chi connectivity index (χ1n) is 13.4. The number of aliphatic carboxylic acids is 1. The number of esters is 1. The Hall–Kier alpha value is -1.96. The second-order valence-electron chi connectivity index (χ2n) is 12.1. The molecular weight excluding hydrogens is 451 g/mol. The average molecular weight is 491 g/mol. The number of alkyl halides is 1. The fourth-order valence-electron chi connectivity index (χ4n) is 8.49. The van der Waals surface area contributed by atoms with Crippen LogP contribution in [-0.4, -0.2) is 54.2 Å². The van der Waals surface area contributed by atoms with Crippen molar-refractivity contribution >= 4 is 17.7 Å². The molecule has 35 heavy (non-hydrogen) atoms. The van der Waals surface area contributed by atoms with Gasteiger partial charge >= 0.3 is 11.9 Å². The monoisotopic (exact) mass is 490 g/mol. The van der Waals surface area contributed by atoms with Crippen LogP contribution in [0.4, 0.5) is 4.39 Å². The molecule has 5 rings (SSSR count). The Balaban J connectivity index is 1.27. The number of ether oxygens (including phenoxy) is 1. The van der Waals surface area contributed by atoms with Crippen molar-refractivity contribution in [3.8, 4) is 0 Å². The molecule has 0 aromatic heterocycles. The van der Waals surface area contributed by atoms with E-state index >= 15 is 4.39 Å². The van der Waals surface area contributed by atoms with Gasteiger partial charge in [0.05, 0.1) is 5.71 Å². The van der Waals surface area contributed by atoms with E-state index in [0.717, 1.165) is 70.2 Å². The quantitative estimate of drug-likeness (QED) is 0.340. The van der Waals surface area contributed by atoms with E-state index in [1.807, 2.05) is 0 Å². The molecule has 0 aromatic rings. The van der Waals surface area contributed by atoms with Crippen LogP contribution < -0.4 is 5.32 Å². The Kier molecular flexibility index (Phi) is 6.70. The first kappa shape index (κ1) is 24.7. The average Bonchev–Trinajstić information content (AvgIpc) is 3.44. The summed E-state index contributed by atoms with van der Waals surface area (Å²) in [7, 11) is 0. The van der Waals surface area contributed by atoms with Crippen LogP contribution >= 0.6 is 0 Å².